The van der Waals surface area contributed by atoms with Gasteiger partial charge in [-0.2, -0.15) is 10.5 Å². The second kappa shape index (κ2) is 11.1. The quantitative estimate of drug-likeness (QED) is 0.192. The van der Waals surface area contributed by atoms with Crippen molar-refractivity contribution in [2.24, 2.45) is 0 Å². The summed E-state index contributed by atoms with van der Waals surface area (Å²) in [7, 11) is 0. The molecule has 0 saturated heterocycles. The Balaban J connectivity index is 1.37. The lowest BCUT2D eigenvalue weighted by molar-refractivity contribution is 1.30. The van der Waals surface area contributed by atoms with Crippen molar-refractivity contribution in [3.05, 3.63) is 151 Å². The predicted octanol–water partition coefficient (Wildman–Crippen LogP) is 9.74. The van der Waals surface area contributed by atoms with E-state index in [2.05, 4.69) is 48.5 Å². The van der Waals surface area contributed by atoms with Crippen LogP contribution in [0.2, 0.25) is 0 Å². The molecule has 8 aromatic rings. The zero-order valence-electron chi connectivity index (χ0n) is 24.5. The molecule has 212 valence electrons. The third-order valence-electron chi connectivity index (χ3n) is 8.27. The average molecular weight is 586 g/mol. The van der Waals surface area contributed by atoms with Gasteiger partial charge in [-0.3, -0.25) is 0 Å². The fourth-order valence-corrected chi connectivity index (χ4v) is 6.11. The molecule has 0 aliphatic rings. The molecule has 5 heteroatoms. The van der Waals surface area contributed by atoms with Gasteiger partial charge in [0, 0.05) is 32.8 Å². The van der Waals surface area contributed by atoms with Crippen LogP contribution in [0.1, 0.15) is 11.1 Å². The Bertz CT molecular complexity index is 2490. The number of nitrogens with zero attached hydrogens (tertiary/aromatic N) is 5. The van der Waals surface area contributed by atoms with Gasteiger partial charge in [0.15, 0.2) is 0 Å². The van der Waals surface area contributed by atoms with Crippen LogP contribution in [-0.2, 0) is 0 Å². The van der Waals surface area contributed by atoms with E-state index in [-0.39, 0.29) is 0 Å². The molecule has 0 spiro atoms. The van der Waals surface area contributed by atoms with Crippen molar-refractivity contribution >= 4 is 32.7 Å². The van der Waals surface area contributed by atoms with E-state index >= 15 is 0 Å². The van der Waals surface area contributed by atoms with Gasteiger partial charge in [-0.05, 0) is 47.5 Å². The molecule has 0 saturated carbocycles. The van der Waals surface area contributed by atoms with Gasteiger partial charge in [0.05, 0.1) is 56.9 Å². The first kappa shape index (κ1) is 26.9. The van der Waals surface area contributed by atoms with Crippen LogP contribution >= 0.6 is 0 Å². The van der Waals surface area contributed by atoms with E-state index in [0.717, 1.165) is 77.6 Å². The summed E-state index contributed by atoms with van der Waals surface area (Å²) in [6.45, 7) is 0. The summed E-state index contributed by atoms with van der Waals surface area (Å²) < 4.78 is 0. The molecule has 0 N–H and O–H groups in total. The van der Waals surface area contributed by atoms with Crippen LogP contribution in [0.4, 0.5) is 0 Å². The molecule has 46 heavy (non-hydrogen) atoms. The molecule has 6 aromatic carbocycles. The topological polar surface area (TPSA) is 86.2 Å². The maximum atomic E-state index is 9.46. The standard InChI is InChI=1S/C41H23N5/c42-24-26-21-27(25-43)23-32(22-26)28-15-17-31(18-16-28)38-34-19-20-36-41(37(34)33-13-7-8-14-35(33)44-38)46-40(30-11-5-2-6-12-30)39(45-36)29-9-3-1-4-10-29/h1-23H. The van der Waals surface area contributed by atoms with Crippen LogP contribution < -0.4 is 0 Å². The number of hydrogen-bond acceptors (Lipinski definition) is 5. The van der Waals surface area contributed by atoms with E-state index in [0.29, 0.717) is 11.1 Å². The summed E-state index contributed by atoms with van der Waals surface area (Å²) in [5, 5.41) is 21.9. The van der Waals surface area contributed by atoms with E-state index in [1.165, 1.54) is 0 Å². The Morgan fingerprint density at radius 1 is 0.391 bits per heavy atom. The lowest BCUT2D eigenvalue weighted by atomic mass is 9.95. The van der Waals surface area contributed by atoms with Gasteiger partial charge in [0.1, 0.15) is 0 Å². The molecular formula is C41H23N5. The number of benzene rings is 6. The largest absolute Gasteiger partial charge is 0.247 e. The predicted molar refractivity (Wildman–Crippen MR) is 184 cm³/mol. The normalized spacial score (nSPS) is 11.0. The Morgan fingerprint density at radius 2 is 0.935 bits per heavy atom. The highest BCUT2D eigenvalue weighted by molar-refractivity contribution is 6.21. The number of rotatable bonds is 4. The van der Waals surface area contributed by atoms with Gasteiger partial charge in [-0.15, -0.1) is 0 Å². The summed E-state index contributed by atoms with van der Waals surface area (Å²) in [5.41, 5.74) is 10.6. The first-order chi connectivity index (χ1) is 22.7. The van der Waals surface area contributed by atoms with Crippen molar-refractivity contribution in [2.45, 2.75) is 0 Å². The van der Waals surface area contributed by atoms with E-state index < -0.39 is 0 Å². The summed E-state index contributed by atoms with van der Waals surface area (Å²) in [4.78, 5) is 15.8. The second-order valence-electron chi connectivity index (χ2n) is 11.1. The van der Waals surface area contributed by atoms with Crippen LogP contribution in [0.25, 0.3) is 77.6 Å². The number of nitriles is 2. The second-order valence-corrected chi connectivity index (χ2v) is 11.1. The van der Waals surface area contributed by atoms with Crippen LogP contribution in [0, 0.1) is 22.7 Å². The molecule has 8 rings (SSSR count). The zero-order chi connectivity index (χ0) is 31.0. The molecule has 2 aromatic heterocycles. The summed E-state index contributed by atoms with van der Waals surface area (Å²) in [6.07, 6.45) is 0. The minimum atomic E-state index is 0.457. The molecule has 0 unspecified atom stereocenters. The molecule has 0 fully saturated rings. The monoisotopic (exact) mass is 585 g/mol. The Kier molecular flexibility index (Phi) is 6.49. The zero-order valence-corrected chi connectivity index (χ0v) is 24.5. The average Bonchev–Trinajstić information content (AvgIpc) is 3.14. The minimum Gasteiger partial charge on any atom is -0.247 e. The molecule has 0 amide bonds. The van der Waals surface area contributed by atoms with Crippen molar-refractivity contribution in [3.8, 4) is 57.0 Å². The van der Waals surface area contributed by atoms with Crippen molar-refractivity contribution in [1.29, 1.82) is 10.5 Å². The number of hydrogen-bond donors (Lipinski definition) is 0. The van der Waals surface area contributed by atoms with Crippen LogP contribution in [0.3, 0.4) is 0 Å². The molecule has 0 aliphatic heterocycles. The van der Waals surface area contributed by atoms with Gasteiger partial charge >= 0.3 is 0 Å². The molecule has 0 atom stereocenters. The van der Waals surface area contributed by atoms with E-state index in [1.54, 1.807) is 18.2 Å². The maximum absolute atomic E-state index is 9.46. The summed E-state index contributed by atoms with van der Waals surface area (Å²) in [6, 6.07) is 50.3. The number of para-hydroxylation sites is 1. The molecule has 0 bridgehead atoms. The third kappa shape index (κ3) is 4.61. The third-order valence-corrected chi connectivity index (χ3v) is 8.27. The smallest absolute Gasteiger partial charge is 0.0992 e. The fourth-order valence-electron chi connectivity index (χ4n) is 6.11. The number of pyridine rings is 1. The number of aromatic nitrogens is 3. The van der Waals surface area contributed by atoms with E-state index in [4.69, 9.17) is 15.0 Å². The first-order valence-electron chi connectivity index (χ1n) is 14.9. The van der Waals surface area contributed by atoms with Gasteiger partial charge in [-0.25, -0.2) is 15.0 Å². The Morgan fingerprint density at radius 3 is 1.59 bits per heavy atom. The Labute approximate surface area is 265 Å². The van der Waals surface area contributed by atoms with Gasteiger partial charge < -0.3 is 0 Å². The van der Waals surface area contributed by atoms with E-state index in [9.17, 15) is 10.5 Å². The number of fused-ring (bicyclic) bond motifs is 5. The van der Waals surface area contributed by atoms with Gasteiger partial charge in [-0.1, -0.05) is 103 Å². The van der Waals surface area contributed by atoms with Crippen LogP contribution in [-0.4, -0.2) is 15.0 Å². The Hall–Kier alpha value is -6.69. The molecule has 5 nitrogen and oxygen atoms in total. The maximum Gasteiger partial charge on any atom is 0.0992 e. The highest BCUT2D eigenvalue weighted by Crippen LogP contribution is 2.39. The highest BCUT2D eigenvalue weighted by Gasteiger charge is 2.18. The summed E-state index contributed by atoms with van der Waals surface area (Å²) >= 11 is 0. The lowest BCUT2D eigenvalue weighted by Gasteiger charge is -2.15. The van der Waals surface area contributed by atoms with Crippen molar-refractivity contribution in [3.63, 3.8) is 0 Å². The minimum absolute atomic E-state index is 0.457. The van der Waals surface area contributed by atoms with Gasteiger partial charge in [0.25, 0.3) is 0 Å². The summed E-state index contributed by atoms with van der Waals surface area (Å²) in [5.74, 6) is 0. The van der Waals surface area contributed by atoms with Crippen LogP contribution in [0.5, 0.6) is 0 Å². The van der Waals surface area contributed by atoms with Gasteiger partial charge in [0.2, 0.25) is 0 Å². The van der Waals surface area contributed by atoms with Crippen molar-refractivity contribution in [2.75, 3.05) is 0 Å². The fraction of sp³-hybridized carbons (Fsp3) is 0. The molecule has 0 aliphatic carbocycles. The SMILES string of the molecule is N#Cc1cc(C#N)cc(-c2ccc(-c3nc4ccccc4c4c3ccc3nc(-c5ccccc5)c(-c5ccccc5)nc34)cc2)c1. The highest BCUT2D eigenvalue weighted by atomic mass is 14.8. The van der Waals surface area contributed by atoms with Crippen molar-refractivity contribution < 1.29 is 0 Å². The van der Waals surface area contributed by atoms with Crippen LogP contribution in [0.15, 0.2) is 140 Å². The molecule has 2 heterocycles. The molecule has 0 radical (unpaired) electrons. The molecular weight excluding hydrogens is 562 g/mol. The lowest BCUT2D eigenvalue weighted by Crippen LogP contribution is -1.98. The van der Waals surface area contributed by atoms with Crippen molar-refractivity contribution in [1.82, 2.24) is 15.0 Å². The first-order valence-corrected chi connectivity index (χ1v) is 14.9. The van der Waals surface area contributed by atoms with E-state index in [1.807, 2.05) is 84.9 Å².